The molecule has 0 fully saturated rings. The van der Waals surface area contributed by atoms with Crippen LogP contribution in [0.4, 0.5) is 0 Å². The summed E-state index contributed by atoms with van der Waals surface area (Å²) in [6.45, 7) is 5.80. The van der Waals surface area contributed by atoms with E-state index in [0.29, 0.717) is 32.5 Å². The molecule has 9 heteroatoms. The van der Waals surface area contributed by atoms with Crippen LogP contribution in [0.25, 0.3) is 0 Å². The third-order valence-corrected chi connectivity index (χ3v) is 10.5. The maximum Gasteiger partial charge on any atom is 0.251 e. The summed E-state index contributed by atoms with van der Waals surface area (Å²) in [5, 5.41) is 0. The van der Waals surface area contributed by atoms with Gasteiger partial charge in [0.25, 0.3) is 5.91 Å². The van der Waals surface area contributed by atoms with E-state index < -0.39 is 17.4 Å². The van der Waals surface area contributed by atoms with Crippen LogP contribution in [0.3, 0.4) is 0 Å². The molecule has 0 aliphatic rings. The highest BCUT2D eigenvalue weighted by atomic mass is 16.2. The number of carbonyl (C=O) groups is 2. The van der Waals surface area contributed by atoms with Crippen molar-refractivity contribution < 1.29 is 9.59 Å². The zero-order valence-corrected chi connectivity index (χ0v) is 34.4. The fourth-order valence-corrected chi connectivity index (χ4v) is 6.92. The molecule has 0 saturated heterocycles. The molecule has 0 aromatic rings. The first-order valence-corrected chi connectivity index (χ1v) is 22.0. The van der Waals surface area contributed by atoms with Crippen LogP contribution in [0.5, 0.6) is 0 Å². The van der Waals surface area contributed by atoms with Crippen LogP contribution >= 0.6 is 0 Å². The number of guanidine groups is 1. The predicted octanol–water partition coefficient (Wildman–Crippen LogP) is 8.94. The minimum absolute atomic E-state index is 0.00409. The number of aliphatic imine (C=N–C) groups is 1. The number of hydrogen-bond acceptors (Lipinski definition) is 6. The Balaban J connectivity index is 4.71. The van der Waals surface area contributed by atoms with E-state index >= 15 is 0 Å². The Kier molecular flexibility index (Phi) is 34.7. The summed E-state index contributed by atoms with van der Waals surface area (Å²) in [7, 11) is 0. The maximum atomic E-state index is 13.9. The minimum Gasteiger partial charge on any atom is -0.370 e. The molecular formula is C43H87N7O2. The van der Waals surface area contributed by atoms with E-state index in [1.54, 1.807) is 4.90 Å². The summed E-state index contributed by atoms with van der Waals surface area (Å²) < 4.78 is 0. The van der Waals surface area contributed by atoms with Crippen molar-refractivity contribution >= 4 is 17.6 Å². The zero-order valence-electron chi connectivity index (χ0n) is 34.4. The van der Waals surface area contributed by atoms with Crippen molar-refractivity contribution in [1.82, 2.24) is 4.90 Å². The number of Topliss-reactive ketones (excluding diaryl/α,β-unsaturated/α-hetero) is 1. The molecule has 2 atom stereocenters. The highest BCUT2D eigenvalue weighted by Gasteiger charge is 2.45. The van der Waals surface area contributed by atoms with Gasteiger partial charge in [0.15, 0.2) is 17.3 Å². The average Bonchev–Trinajstić information content (AvgIpc) is 3.14. The molecule has 0 aromatic heterocycles. The number of nitrogens with two attached hydrogens (primary N) is 5. The van der Waals surface area contributed by atoms with Crippen LogP contribution in [0.1, 0.15) is 206 Å². The van der Waals surface area contributed by atoms with Crippen molar-refractivity contribution in [2.45, 2.75) is 218 Å². The molecule has 0 rings (SSSR count). The van der Waals surface area contributed by atoms with Crippen molar-refractivity contribution in [2.75, 3.05) is 26.2 Å². The molecule has 0 aliphatic heterocycles. The number of allylic oxidation sites excluding steroid dienone is 2. The van der Waals surface area contributed by atoms with Crippen LogP contribution in [0.15, 0.2) is 17.1 Å². The minimum atomic E-state index is -1.83. The number of ketones is 1. The van der Waals surface area contributed by atoms with Crippen molar-refractivity contribution in [3.8, 4) is 0 Å². The van der Waals surface area contributed by atoms with Crippen molar-refractivity contribution in [3.63, 3.8) is 0 Å². The Morgan fingerprint density at radius 3 is 1.33 bits per heavy atom. The summed E-state index contributed by atoms with van der Waals surface area (Å²) in [6, 6.07) is -0.903. The van der Waals surface area contributed by atoms with Gasteiger partial charge >= 0.3 is 0 Å². The van der Waals surface area contributed by atoms with Crippen molar-refractivity contribution in [1.29, 1.82) is 0 Å². The molecule has 1 amide bonds. The molecule has 52 heavy (non-hydrogen) atoms. The number of rotatable bonds is 39. The van der Waals surface area contributed by atoms with E-state index in [9.17, 15) is 9.59 Å². The fraction of sp³-hybridized carbons (Fsp3) is 0.884. The van der Waals surface area contributed by atoms with Crippen molar-refractivity contribution in [3.05, 3.63) is 12.2 Å². The van der Waals surface area contributed by atoms with Gasteiger partial charge in [-0.1, -0.05) is 167 Å². The molecule has 306 valence electrons. The molecular weight excluding hydrogens is 647 g/mol. The second-order valence-electron chi connectivity index (χ2n) is 15.4. The van der Waals surface area contributed by atoms with Gasteiger partial charge in [-0.15, -0.1) is 0 Å². The van der Waals surface area contributed by atoms with E-state index in [2.05, 4.69) is 31.0 Å². The summed E-state index contributed by atoms with van der Waals surface area (Å²) in [4.78, 5) is 33.1. The molecule has 0 aromatic carbocycles. The molecule has 0 spiro atoms. The number of carbonyl (C=O) groups excluding carboxylic acids is 2. The summed E-state index contributed by atoms with van der Waals surface area (Å²) in [5.41, 5.74) is 27.8. The molecule has 0 saturated carbocycles. The standard InChI is InChI=1S/C43H87N7O2/c1-3-5-7-9-11-13-15-17-19-20-22-24-26-28-30-32-37-50(36-31-29-27-25-23-21-18-16-14-12-10-8-6-4-2)41(52)43(48,38-44)40(51)39(45)34-33-35-49-42(46)47/h17,19,39H,3-16,18,20-38,44-45,48H2,1-2H3,(H4,46,47,49)/t39-,43?/m1/s1. The third kappa shape index (κ3) is 27.6. The molecule has 0 radical (unpaired) electrons. The van der Waals surface area contributed by atoms with Gasteiger partial charge in [-0.25, -0.2) is 0 Å². The number of nitrogens with zero attached hydrogens (tertiary/aromatic N) is 2. The van der Waals surface area contributed by atoms with Gasteiger partial charge in [0.1, 0.15) is 0 Å². The number of amides is 1. The average molecular weight is 734 g/mol. The lowest BCUT2D eigenvalue weighted by Gasteiger charge is -2.34. The normalized spacial score (nSPS) is 13.3. The fourth-order valence-electron chi connectivity index (χ4n) is 6.92. The van der Waals surface area contributed by atoms with Crippen LogP contribution in [-0.4, -0.2) is 60.3 Å². The predicted molar refractivity (Wildman–Crippen MR) is 225 cm³/mol. The first-order chi connectivity index (χ1) is 25.2. The Bertz CT molecular complexity index is 893. The third-order valence-electron chi connectivity index (χ3n) is 10.5. The number of unbranched alkanes of at least 4 members (excludes halogenated alkanes) is 25. The topological polar surface area (TPSA) is 180 Å². The van der Waals surface area contributed by atoms with Gasteiger partial charge < -0.3 is 33.6 Å². The van der Waals surface area contributed by atoms with Gasteiger partial charge in [-0.05, 0) is 51.4 Å². The molecule has 9 nitrogen and oxygen atoms in total. The second kappa shape index (κ2) is 36.0. The molecule has 1 unspecified atom stereocenters. The smallest absolute Gasteiger partial charge is 0.251 e. The molecule has 10 N–H and O–H groups in total. The SMILES string of the molecule is CCCCCCCCC=CCCCCCCCCN(CCCCCCCCCCCCCCCC)C(=O)C(N)(CN)C(=O)[C@H](N)CCCN=C(N)N. The lowest BCUT2D eigenvalue weighted by molar-refractivity contribution is -0.143. The van der Waals surface area contributed by atoms with E-state index in [0.717, 1.165) is 38.5 Å². The van der Waals surface area contributed by atoms with Crippen LogP contribution in [-0.2, 0) is 9.59 Å². The maximum absolute atomic E-state index is 13.9. The van der Waals surface area contributed by atoms with Crippen molar-refractivity contribution in [2.24, 2.45) is 33.7 Å². The molecule has 0 aliphatic carbocycles. The van der Waals surface area contributed by atoms with Gasteiger partial charge in [0, 0.05) is 26.2 Å². The Hall–Kier alpha value is -1.97. The molecule has 0 bridgehead atoms. The Labute approximate surface area is 321 Å². The lowest BCUT2D eigenvalue weighted by Crippen LogP contribution is -2.68. The highest BCUT2D eigenvalue weighted by molar-refractivity contribution is 6.12. The summed E-state index contributed by atoms with van der Waals surface area (Å²) in [5.74, 6) is -0.894. The van der Waals surface area contributed by atoms with Gasteiger partial charge in [0.05, 0.1) is 6.04 Å². The molecule has 0 heterocycles. The van der Waals surface area contributed by atoms with E-state index in [4.69, 9.17) is 28.7 Å². The summed E-state index contributed by atoms with van der Waals surface area (Å²) >= 11 is 0. The van der Waals surface area contributed by atoms with E-state index in [-0.39, 0.29) is 18.4 Å². The second-order valence-corrected chi connectivity index (χ2v) is 15.4. The van der Waals surface area contributed by atoms with Crippen LogP contribution in [0.2, 0.25) is 0 Å². The first kappa shape index (κ1) is 50.0. The largest absolute Gasteiger partial charge is 0.370 e. The van der Waals surface area contributed by atoms with Crippen LogP contribution < -0.4 is 28.7 Å². The quantitative estimate of drug-likeness (QED) is 0.0137. The van der Waals surface area contributed by atoms with Gasteiger partial charge in [0.2, 0.25) is 0 Å². The summed E-state index contributed by atoms with van der Waals surface area (Å²) in [6.07, 6.45) is 40.7. The monoisotopic (exact) mass is 734 g/mol. The highest BCUT2D eigenvalue weighted by Crippen LogP contribution is 2.17. The van der Waals surface area contributed by atoms with E-state index in [1.807, 2.05) is 0 Å². The Morgan fingerprint density at radius 1 is 0.596 bits per heavy atom. The van der Waals surface area contributed by atoms with Crippen LogP contribution in [0, 0.1) is 0 Å². The first-order valence-electron chi connectivity index (χ1n) is 22.0. The Morgan fingerprint density at radius 2 is 0.962 bits per heavy atom. The van der Waals surface area contributed by atoms with Gasteiger partial charge in [-0.2, -0.15) is 0 Å². The number of hydrogen-bond donors (Lipinski definition) is 5. The zero-order chi connectivity index (χ0) is 38.5. The van der Waals surface area contributed by atoms with Gasteiger partial charge in [-0.3, -0.25) is 14.6 Å². The van der Waals surface area contributed by atoms with E-state index in [1.165, 1.54) is 141 Å². The lowest BCUT2D eigenvalue weighted by atomic mass is 9.87.